The number of carbonyl (C=O) groups is 1. The minimum absolute atomic E-state index is 0.301. The topological polar surface area (TPSA) is 169 Å². The smallest absolute Gasteiger partial charge is 0.249 e. The second kappa shape index (κ2) is 32.6. The summed E-state index contributed by atoms with van der Waals surface area (Å²) in [4.78, 5) is 13.0. The maximum atomic E-state index is 13.0. The Kier molecular flexibility index (Phi) is 30.4. The number of carbonyl (C=O) groups excluding carboxylic acids is 1. The number of unbranched alkanes of at least 4 members (excludes halogenated alkanes) is 19. The average molecular weight is 754 g/mol. The van der Waals surface area contributed by atoms with Crippen molar-refractivity contribution in [2.45, 2.75) is 217 Å². The van der Waals surface area contributed by atoms with Crippen LogP contribution in [0.25, 0.3) is 0 Å². The SMILES string of the molecule is CCCCCCC/C=C/C(C)=C/CC/C=C/[C@@H](O)[C@H](CO[C@@H]1O[C@H](CO)[C@@H](O)[C@H](O)[C@H]1O)NC(=O)[C@H](O)CCCCCCCCCCCCCCCC. The van der Waals surface area contributed by atoms with E-state index in [1.807, 2.05) is 6.08 Å². The van der Waals surface area contributed by atoms with Crippen molar-refractivity contribution in [3.05, 3.63) is 36.0 Å². The number of aliphatic hydroxyl groups excluding tert-OH is 6. The summed E-state index contributed by atoms with van der Waals surface area (Å²) in [5.74, 6) is -0.634. The van der Waals surface area contributed by atoms with E-state index in [0.717, 1.165) is 32.1 Å². The van der Waals surface area contributed by atoms with Gasteiger partial charge in [0.1, 0.15) is 30.5 Å². The Morgan fingerprint density at radius 3 is 1.83 bits per heavy atom. The van der Waals surface area contributed by atoms with Crippen LogP contribution in [0.4, 0.5) is 0 Å². The highest BCUT2D eigenvalue weighted by Gasteiger charge is 2.44. The van der Waals surface area contributed by atoms with Crippen LogP contribution < -0.4 is 5.32 Å². The normalized spacial score (nSPS) is 22.8. The van der Waals surface area contributed by atoms with Gasteiger partial charge in [0.05, 0.1) is 25.4 Å². The first-order valence-corrected chi connectivity index (χ1v) is 21.2. The molecule has 53 heavy (non-hydrogen) atoms. The zero-order valence-corrected chi connectivity index (χ0v) is 33.6. The predicted molar refractivity (Wildman–Crippen MR) is 213 cm³/mol. The Hall–Kier alpha value is -1.63. The van der Waals surface area contributed by atoms with Gasteiger partial charge in [-0.15, -0.1) is 0 Å². The van der Waals surface area contributed by atoms with Gasteiger partial charge in [-0.05, 0) is 39.0 Å². The van der Waals surface area contributed by atoms with Gasteiger partial charge in [-0.1, -0.05) is 165 Å². The summed E-state index contributed by atoms with van der Waals surface area (Å²) in [6, 6.07) is -1.00. The molecule has 1 saturated heterocycles. The Morgan fingerprint density at radius 2 is 1.26 bits per heavy atom. The molecule has 7 N–H and O–H groups in total. The van der Waals surface area contributed by atoms with Crippen LogP contribution in [0, 0.1) is 0 Å². The summed E-state index contributed by atoms with van der Waals surface area (Å²) in [5.41, 5.74) is 1.18. The summed E-state index contributed by atoms with van der Waals surface area (Å²) in [6.07, 6.45) is 26.2. The lowest BCUT2D eigenvalue weighted by Gasteiger charge is -2.40. The molecule has 0 unspecified atom stereocenters. The third kappa shape index (κ3) is 23.8. The van der Waals surface area contributed by atoms with Gasteiger partial charge in [0.15, 0.2) is 6.29 Å². The summed E-state index contributed by atoms with van der Waals surface area (Å²) >= 11 is 0. The number of allylic oxidation sites excluding steroid dienone is 5. The van der Waals surface area contributed by atoms with Crippen molar-refractivity contribution in [3.8, 4) is 0 Å². The molecule has 1 amide bonds. The number of amides is 1. The zero-order chi connectivity index (χ0) is 39.1. The van der Waals surface area contributed by atoms with Crippen LogP contribution in [0.2, 0.25) is 0 Å². The Labute approximate surface area is 322 Å². The van der Waals surface area contributed by atoms with Crippen molar-refractivity contribution in [1.29, 1.82) is 0 Å². The molecule has 10 heteroatoms. The maximum absolute atomic E-state index is 13.0. The first-order valence-electron chi connectivity index (χ1n) is 21.2. The highest BCUT2D eigenvalue weighted by atomic mass is 16.7. The molecule has 0 aromatic heterocycles. The number of rotatable bonds is 33. The van der Waals surface area contributed by atoms with E-state index in [2.05, 4.69) is 44.3 Å². The van der Waals surface area contributed by atoms with Gasteiger partial charge in [0.2, 0.25) is 5.91 Å². The van der Waals surface area contributed by atoms with Crippen LogP contribution in [0.1, 0.15) is 168 Å². The number of hydrogen-bond donors (Lipinski definition) is 7. The minimum atomic E-state index is -1.62. The van der Waals surface area contributed by atoms with E-state index in [9.17, 15) is 35.4 Å². The maximum Gasteiger partial charge on any atom is 0.249 e. The summed E-state index contributed by atoms with van der Waals surface area (Å²) in [7, 11) is 0. The van der Waals surface area contributed by atoms with Gasteiger partial charge < -0.3 is 45.4 Å². The number of hydrogen-bond acceptors (Lipinski definition) is 9. The van der Waals surface area contributed by atoms with Crippen LogP contribution >= 0.6 is 0 Å². The number of aliphatic hydroxyl groups is 6. The van der Waals surface area contributed by atoms with Gasteiger partial charge >= 0.3 is 0 Å². The van der Waals surface area contributed by atoms with Gasteiger partial charge in [0, 0.05) is 0 Å². The second-order valence-electron chi connectivity index (χ2n) is 15.1. The van der Waals surface area contributed by atoms with Crippen LogP contribution in [-0.4, -0.2) is 98.7 Å². The van der Waals surface area contributed by atoms with Crippen molar-refractivity contribution in [2.75, 3.05) is 13.2 Å². The van der Waals surface area contributed by atoms with Crippen LogP contribution in [0.5, 0.6) is 0 Å². The molecule has 10 nitrogen and oxygen atoms in total. The Morgan fingerprint density at radius 1 is 0.717 bits per heavy atom. The molecule has 1 heterocycles. The van der Waals surface area contributed by atoms with Crippen LogP contribution in [0.3, 0.4) is 0 Å². The van der Waals surface area contributed by atoms with Crippen LogP contribution in [-0.2, 0) is 14.3 Å². The lowest BCUT2D eigenvalue weighted by molar-refractivity contribution is -0.302. The Bertz CT molecular complexity index is 971. The highest BCUT2D eigenvalue weighted by Crippen LogP contribution is 2.22. The fraction of sp³-hybridized carbons (Fsp3) is 0.837. The number of nitrogens with one attached hydrogen (secondary N) is 1. The molecule has 1 fully saturated rings. The average Bonchev–Trinajstić information content (AvgIpc) is 3.15. The van der Waals surface area contributed by atoms with Crippen molar-refractivity contribution in [1.82, 2.24) is 5.32 Å². The molecule has 8 atom stereocenters. The van der Waals surface area contributed by atoms with Gasteiger partial charge in [0.25, 0.3) is 0 Å². The molecule has 0 saturated carbocycles. The molecule has 1 aliphatic heterocycles. The van der Waals surface area contributed by atoms with Crippen LogP contribution in [0.15, 0.2) is 36.0 Å². The predicted octanol–water partition coefficient (Wildman–Crippen LogP) is 7.08. The second-order valence-corrected chi connectivity index (χ2v) is 15.1. The van der Waals surface area contributed by atoms with E-state index in [0.29, 0.717) is 19.3 Å². The summed E-state index contributed by atoms with van der Waals surface area (Å²) in [6.45, 7) is 5.60. The summed E-state index contributed by atoms with van der Waals surface area (Å²) < 4.78 is 11.1. The fourth-order valence-corrected chi connectivity index (χ4v) is 6.55. The molecule has 0 spiro atoms. The molecule has 1 rings (SSSR count). The van der Waals surface area contributed by atoms with E-state index >= 15 is 0 Å². The van der Waals surface area contributed by atoms with Crippen molar-refractivity contribution in [2.24, 2.45) is 0 Å². The third-order valence-corrected chi connectivity index (χ3v) is 10.2. The molecule has 0 bridgehead atoms. The Balaban J connectivity index is 2.57. The lowest BCUT2D eigenvalue weighted by Crippen LogP contribution is -2.60. The highest BCUT2D eigenvalue weighted by molar-refractivity contribution is 5.80. The zero-order valence-electron chi connectivity index (χ0n) is 33.6. The van der Waals surface area contributed by atoms with Gasteiger partial charge in [-0.25, -0.2) is 0 Å². The van der Waals surface area contributed by atoms with Crippen molar-refractivity contribution < 1.29 is 44.9 Å². The first-order chi connectivity index (χ1) is 25.7. The molecule has 1 aliphatic rings. The quantitative estimate of drug-likeness (QED) is 0.0210. The monoisotopic (exact) mass is 754 g/mol. The van der Waals surface area contributed by atoms with E-state index < -0.39 is 61.5 Å². The van der Waals surface area contributed by atoms with E-state index in [4.69, 9.17) is 9.47 Å². The molecule has 0 aliphatic carbocycles. The largest absolute Gasteiger partial charge is 0.394 e. The molecule has 0 radical (unpaired) electrons. The van der Waals surface area contributed by atoms with Gasteiger partial charge in [-0.2, -0.15) is 0 Å². The molecular formula is C43H79NO9. The molecular weight excluding hydrogens is 674 g/mol. The van der Waals surface area contributed by atoms with Crippen molar-refractivity contribution in [3.63, 3.8) is 0 Å². The fourth-order valence-electron chi connectivity index (χ4n) is 6.55. The lowest BCUT2D eigenvalue weighted by atomic mass is 9.99. The minimum Gasteiger partial charge on any atom is -0.394 e. The summed E-state index contributed by atoms with van der Waals surface area (Å²) in [5, 5.41) is 64.5. The van der Waals surface area contributed by atoms with E-state index in [1.165, 1.54) is 102 Å². The molecule has 0 aromatic rings. The van der Waals surface area contributed by atoms with Crippen molar-refractivity contribution >= 4 is 5.91 Å². The third-order valence-electron chi connectivity index (χ3n) is 10.2. The standard InChI is InChI=1S/C43H79NO9/c1-4-6-8-10-12-13-14-15-16-17-18-20-22-26-31-37(47)42(51)44-35(33-52-43-41(50)40(49)39(48)38(32-45)53-43)36(46)30-27-23-25-29-34(3)28-24-21-19-11-9-7-5-2/h24,27-30,35-41,43,45-50H,4-23,25-26,31-33H2,1-3H3,(H,44,51)/b28-24+,30-27+,34-29+/t35-,36+,37+,38+,39+,40-,41+,43+/m0/s1. The molecule has 310 valence electrons. The number of ether oxygens (including phenoxy) is 2. The first kappa shape index (κ1) is 49.4. The molecule has 0 aromatic carbocycles. The van der Waals surface area contributed by atoms with Gasteiger partial charge in [-0.3, -0.25) is 4.79 Å². The van der Waals surface area contributed by atoms with E-state index in [1.54, 1.807) is 6.08 Å². The van der Waals surface area contributed by atoms with E-state index in [-0.39, 0.29) is 6.61 Å².